The third-order valence-corrected chi connectivity index (χ3v) is 3.00. The van der Waals surface area contributed by atoms with E-state index in [-0.39, 0.29) is 0 Å². The molecule has 0 N–H and O–H groups in total. The molecule has 0 spiro atoms. The van der Waals surface area contributed by atoms with Crippen LogP contribution in [0.1, 0.15) is 48.0 Å². The molecule has 0 bridgehead atoms. The van der Waals surface area contributed by atoms with Gasteiger partial charge in [-0.2, -0.15) is 0 Å². The minimum atomic E-state index is 0.350. The highest BCUT2D eigenvalue weighted by Crippen LogP contribution is 2.41. The standard InChI is InChI=1S/C12H20/c1-8-7-11(12(4,5)6)10(3)9(8)2/h7H2,1-6H3. The fourth-order valence-corrected chi connectivity index (χ4v) is 1.90. The Labute approximate surface area is 76.4 Å². The van der Waals surface area contributed by atoms with Gasteiger partial charge in [0.2, 0.25) is 0 Å². The lowest BCUT2D eigenvalue weighted by Gasteiger charge is -2.22. The molecule has 0 heterocycles. The average molecular weight is 164 g/mol. The Morgan fingerprint density at radius 2 is 1.42 bits per heavy atom. The normalized spacial score (nSPS) is 19.5. The molecule has 1 aliphatic rings. The topological polar surface area (TPSA) is 0 Å². The Bertz CT molecular complexity index is 256. The highest BCUT2D eigenvalue weighted by atomic mass is 14.3. The van der Waals surface area contributed by atoms with Crippen LogP contribution in [-0.2, 0) is 0 Å². The summed E-state index contributed by atoms with van der Waals surface area (Å²) in [6.45, 7) is 13.7. The molecule has 0 atom stereocenters. The van der Waals surface area contributed by atoms with E-state index in [4.69, 9.17) is 0 Å². The van der Waals surface area contributed by atoms with Gasteiger partial charge in [0.25, 0.3) is 0 Å². The van der Waals surface area contributed by atoms with E-state index in [0.29, 0.717) is 5.41 Å². The molecule has 0 aromatic heterocycles. The van der Waals surface area contributed by atoms with Crippen molar-refractivity contribution < 1.29 is 0 Å². The third-order valence-electron chi connectivity index (χ3n) is 3.00. The monoisotopic (exact) mass is 164 g/mol. The van der Waals surface area contributed by atoms with Crippen LogP contribution >= 0.6 is 0 Å². The van der Waals surface area contributed by atoms with Gasteiger partial charge in [0.1, 0.15) is 0 Å². The number of rotatable bonds is 0. The van der Waals surface area contributed by atoms with Gasteiger partial charge in [-0.05, 0) is 43.8 Å². The maximum atomic E-state index is 2.30. The largest absolute Gasteiger partial charge is 0.0660 e. The zero-order valence-corrected chi connectivity index (χ0v) is 9.21. The quantitative estimate of drug-likeness (QED) is 0.506. The van der Waals surface area contributed by atoms with Crippen molar-refractivity contribution in [2.45, 2.75) is 48.0 Å². The van der Waals surface area contributed by atoms with Crippen LogP contribution < -0.4 is 0 Å². The second kappa shape index (κ2) is 2.76. The van der Waals surface area contributed by atoms with E-state index in [9.17, 15) is 0 Å². The van der Waals surface area contributed by atoms with E-state index in [1.54, 1.807) is 11.1 Å². The Hall–Kier alpha value is -0.520. The summed E-state index contributed by atoms with van der Waals surface area (Å²) in [5, 5.41) is 0. The molecule has 0 aromatic rings. The van der Waals surface area contributed by atoms with Crippen LogP contribution in [0.4, 0.5) is 0 Å². The summed E-state index contributed by atoms with van der Waals surface area (Å²) in [5.74, 6) is 0. The van der Waals surface area contributed by atoms with Gasteiger partial charge in [0.05, 0.1) is 0 Å². The summed E-state index contributed by atoms with van der Waals surface area (Å²) < 4.78 is 0. The van der Waals surface area contributed by atoms with Gasteiger partial charge < -0.3 is 0 Å². The maximum Gasteiger partial charge on any atom is -0.00943 e. The first-order valence-corrected chi connectivity index (χ1v) is 4.71. The predicted molar refractivity (Wildman–Crippen MR) is 55.1 cm³/mol. The van der Waals surface area contributed by atoms with E-state index in [1.165, 1.54) is 17.6 Å². The first kappa shape index (κ1) is 9.57. The van der Waals surface area contributed by atoms with Crippen LogP contribution in [0.2, 0.25) is 0 Å². The van der Waals surface area contributed by atoms with Gasteiger partial charge in [0.15, 0.2) is 0 Å². The average Bonchev–Trinajstić information content (AvgIpc) is 2.15. The van der Waals surface area contributed by atoms with Crippen LogP contribution in [0, 0.1) is 5.41 Å². The first-order valence-electron chi connectivity index (χ1n) is 4.71. The van der Waals surface area contributed by atoms with Crippen molar-refractivity contribution >= 4 is 0 Å². The molecular formula is C12H20. The number of hydrogen-bond donors (Lipinski definition) is 0. The number of allylic oxidation sites excluding steroid dienone is 4. The van der Waals surface area contributed by atoms with Crippen molar-refractivity contribution in [2.24, 2.45) is 5.41 Å². The Balaban J connectivity index is 3.03. The minimum Gasteiger partial charge on any atom is -0.0660 e. The highest BCUT2D eigenvalue weighted by Gasteiger charge is 2.24. The van der Waals surface area contributed by atoms with Gasteiger partial charge in [-0.3, -0.25) is 0 Å². The molecule has 12 heavy (non-hydrogen) atoms. The fraction of sp³-hybridized carbons (Fsp3) is 0.667. The van der Waals surface area contributed by atoms with E-state index in [1.807, 2.05) is 0 Å². The van der Waals surface area contributed by atoms with Crippen molar-refractivity contribution in [3.8, 4) is 0 Å². The van der Waals surface area contributed by atoms with Crippen molar-refractivity contribution in [2.75, 3.05) is 0 Å². The number of hydrogen-bond acceptors (Lipinski definition) is 0. The summed E-state index contributed by atoms with van der Waals surface area (Å²) >= 11 is 0. The smallest absolute Gasteiger partial charge is 0.00943 e. The Kier molecular flexibility index (Phi) is 2.20. The van der Waals surface area contributed by atoms with Crippen LogP contribution in [0.15, 0.2) is 22.3 Å². The molecule has 0 aromatic carbocycles. The van der Waals surface area contributed by atoms with Crippen molar-refractivity contribution in [3.63, 3.8) is 0 Å². The lowest BCUT2D eigenvalue weighted by atomic mass is 9.83. The molecule has 0 fully saturated rings. The van der Waals surface area contributed by atoms with Crippen LogP contribution in [-0.4, -0.2) is 0 Å². The highest BCUT2D eigenvalue weighted by molar-refractivity contribution is 5.46. The van der Waals surface area contributed by atoms with Crippen LogP contribution in [0.5, 0.6) is 0 Å². The summed E-state index contributed by atoms with van der Waals surface area (Å²) in [7, 11) is 0. The fourth-order valence-electron chi connectivity index (χ4n) is 1.90. The Morgan fingerprint density at radius 1 is 0.917 bits per heavy atom. The summed E-state index contributed by atoms with van der Waals surface area (Å²) in [5.41, 5.74) is 6.57. The van der Waals surface area contributed by atoms with Crippen LogP contribution in [0.25, 0.3) is 0 Å². The lowest BCUT2D eigenvalue weighted by Crippen LogP contribution is -2.09. The van der Waals surface area contributed by atoms with E-state index in [0.717, 1.165) is 0 Å². The lowest BCUT2D eigenvalue weighted by molar-refractivity contribution is 0.490. The second-order valence-electron chi connectivity index (χ2n) is 4.94. The SMILES string of the molecule is CC1=C(C)C(C)=C(C(C)(C)C)C1. The molecule has 0 aliphatic heterocycles. The molecular weight excluding hydrogens is 144 g/mol. The molecule has 0 unspecified atom stereocenters. The molecule has 0 heteroatoms. The Morgan fingerprint density at radius 3 is 1.58 bits per heavy atom. The summed E-state index contributed by atoms with van der Waals surface area (Å²) in [6.07, 6.45) is 1.20. The van der Waals surface area contributed by atoms with E-state index >= 15 is 0 Å². The van der Waals surface area contributed by atoms with Crippen molar-refractivity contribution in [1.29, 1.82) is 0 Å². The molecule has 68 valence electrons. The zero-order chi connectivity index (χ0) is 9.52. The molecule has 0 nitrogen and oxygen atoms in total. The zero-order valence-electron chi connectivity index (χ0n) is 9.21. The van der Waals surface area contributed by atoms with E-state index in [2.05, 4.69) is 41.5 Å². The van der Waals surface area contributed by atoms with Crippen LogP contribution in [0.3, 0.4) is 0 Å². The van der Waals surface area contributed by atoms with E-state index < -0.39 is 0 Å². The molecule has 1 rings (SSSR count). The van der Waals surface area contributed by atoms with Crippen molar-refractivity contribution in [1.82, 2.24) is 0 Å². The van der Waals surface area contributed by atoms with Gasteiger partial charge in [0, 0.05) is 0 Å². The molecule has 0 saturated carbocycles. The second-order valence-corrected chi connectivity index (χ2v) is 4.94. The minimum absolute atomic E-state index is 0.350. The van der Waals surface area contributed by atoms with Crippen molar-refractivity contribution in [3.05, 3.63) is 22.3 Å². The molecule has 0 amide bonds. The van der Waals surface area contributed by atoms with Gasteiger partial charge in [-0.25, -0.2) is 0 Å². The van der Waals surface area contributed by atoms with Gasteiger partial charge in [-0.1, -0.05) is 31.9 Å². The maximum absolute atomic E-state index is 2.30. The predicted octanol–water partition coefficient (Wildman–Crippen LogP) is 4.09. The summed E-state index contributed by atoms with van der Waals surface area (Å²) in [6, 6.07) is 0. The molecule has 0 saturated heterocycles. The van der Waals surface area contributed by atoms with Gasteiger partial charge in [-0.15, -0.1) is 0 Å². The molecule has 1 aliphatic carbocycles. The van der Waals surface area contributed by atoms with Gasteiger partial charge >= 0.3 is 0 Å². The molecule has 0 radical (unpaired) electrons. The first-order chi connectivity index (χ1) is 5.34. The summed E-state index contributed by atoms with van der Waals surface area (Å²) in [4.78, 5) is 0. The third kappa shape index (κ3) is 1.48.